The normalized spacial score (nSPS) is 18.7. The van der Waals surface area contributed by atoms with Gasteiger partial charge in [0.15, 0.2) is 0 Å². The smallest absolute Gasteiger partial charge is 0.410 e. The van der Waals surface area contributed by atoms with Crippen LogP contribution >= 0.6 is 23.2 Å². The Bertz CT molecular complexity index is 765. The van der Waals surface area contributed by atoms with E-state index in [2.05, 4.69) is 9.71 Å². The zero-order valence-electron chi connectivity index (χ0n) is 15.0. The number of carbonyl (C=O) groups excluding carboxylic acids is 1. The van der Waals surface area contributed by atoms with Gasteiger partial charge in [-0.2, -0.15) is 0 Å². The summed E-state index contributed by atoms with van der Waals surface area (Å²) < 4.78 is 33.0. The Hall–Kier alpha value is -1.09. The van der Waals surface area contributed by atoms with Gasteiger partial charge in [-0.15, -0.1) is 0 Å². The molecule has 1 atom stereocenters. The Morgan fingerprint density at radius 2 is 2.08 bits per heavy atom. The van der Waals surface area contributed by atoms with Crippen molar-refractivity contribution in [1.29, 1.82) is 0 Å². The van der Waals surface area contributed by atoms with Crippen molar-refractivity contribution in [2.75, 3.05) is 13.1 Å². The number of hydrogen-bond donors (Lipinski definition) is 1. The Morgan fingerprint density at radius 1 is 1.38 bits per heavy atom. The van der Waals surface area contributed by atoms with Crippen molar-refractivity contribution in [2.24, 2.45) is 0 Å². The highest BCUT2D eigenvalue weighted by atomic mass is 35.5. The average molecular weight is 424 g/mol. The first-order valence-electron chi connectivity index (χ1n) is 8.30. The van der Waals surface area contributed by atoms with E-state index in [1.165, 1.54) is 12.3 Å². The summed E-state index contributed by atoms with van der Waals surface area (Å²) in [5, 5.41) is 0.0114. The summed E-state index contributed by atoms with van der Waals surface area (Å²) in [5.74, 6) is 0. The average Bonchev–Trinajstić information content (AvgIpc) is 2.54. The van der Waals surface area contributed by atoms with E-state index < -0.39 is 21.7 Å². The van der Waals surface area contributed by atoms with Gasteiger partial charge in [0.2, 0.25) is 10.0 Å². The molecule has 26 heavy (non-hydrogen) atoms. The number of sulfonamides is 1. The topological polar surface area (TPSA) is 88.6 Å². The Balaban J connectivity index is 2.10. The summed E-state index contributed by atoms with van der Waals surface area (Å²) in [6.45, 7) is 5.97. The van der Waals surface area contributed by atoms with Gasteiger partial charge >= 0.3 is 6.09 Å². The number of nitrogens with zero attached hydrogens (tertiary/aromatic N) is 2. The molecule has 0 saturated carbocycles. The fourth-order valence-electron chi connectivity index (χ4n) is 2.65. The van der Waals surface area contributed by atoms with Crippen LogP contribution in [0.1, 0.15) is 40.0 Å². The third kappa shape index (κ3) is 5.70. The predicted octanol–water partition coefficient (Wildman–Crippen LogP) is 3.46. The van der Waals surface area contributed by atoms with Crippen LogP contribution in [0.25, 0.3) is 0 Å². The highest BCUT2D eigenvalue weighted by Gasteiger charge is 2.31. The van der Waals surface area contributed by atoms with Gasteiger partial charge in [0, 0.05) is 25.3 Å². The number of aromatic nitrogens is 1. The quantitative estimate of drug-likeness (QED) is 0.748. The zero-order chi connectivity index (χ0) is 19.5. The number of piperidine rings is 1. The molecular formula is C16H23Cl2N3O4S. The van der Waals surface area contributed by atoms with Crippen molar-refractivity contribution in [3.8, 4) is 0 Å². The Labute approximate surface area is 164 Å². The molecule has 10 heteroatoms. The summed E-state index contributed by atoms with van der Waals surface area (Å²) in [4.78, 5) is 17.5. The third-order valence-electron chi connectivity index (χ3n) is 3.83. The first-order valence-corrected chi connectivity index (χ1v) is 10.5. The molecule has 2 heterocycles. The third-order valence-corrected chi connectivity index (χ3v) is 5.88. The molecule has 1 unspecified atom stereocenters. The standard InChI is InChI=1S/C16H23Cl2N3O4S/c1-16(2,3)25-15(22)21-7-5-4-6-12(21)10-20-26(23,24)13-8-11(17)9-19-14(13)18/h8-9,12,20H,4-7,10H2,1-3H3. The molecule has 2 rings (SSSR count). The van der Waals surface area contributed by atoms with E-state index in [0.717, 1.165) is 12.8 Å². The molecule has 1 saturated heterocycles. The minimum atomic E-state index is -3.90. The maximum Gasteiger partial charge on any atom is 0.410 e. The summed E-state index contributed by atoms with van der Waals surface area (Å²) in [6, 6.07) is 0.949. The Morgan fingerprint density at radius 3 is 2.73 bits per heavy atom. The molecule has 1 aliphatic heterocycles. The molecule has 0 spiro atoms. The molecule has 0 radical (unpaired) electrons. The lowest BCUT2D eigenvalue weighted by Gasteiger charge is -2.36. The number of carbonyl (C=O) groups is 1. The van der Waals surface area contributed by atoms with Crippen LogP contribution in [0.3, 0.4) is 0 Å². The highest BCUT2D eigenvalue weighted by molar-refractivity contribution is 7.89. The van der Waals surface area contributed by atoms with Crippen molar-refractivity contribution in [3.63, 3.8) is 0 Å². The van der Waals surface area contributed by atoms with E-state index in [1.807, 2.05) is 0 Å². The van der Waals surface area contributed by atoms with Crippen molar-refractivity contribution in [1.82, 2.24) is 14.6 Å². The van der Waals surface area contributed by atoms with Crippen LogP contribution in [0.4, 0.5) is 4.79 Å². The molecule has 0 aliphatic carbocycles. The van der Waals surface area contributed by atoms with Crippen LogP contribution in [0.5, 0.6) is 0 Å². The molecule has 1 fully saturated rings. The number of likely N-dealkylation sites (tertiary alicyclic amines) is 1. The van der Waals surface area contributed by atoms with Crippen molar-refractivity contribution < 1.29 is 17.9 Å². The number of amides is 1. The summed E-state index contributed by atoms with van der Waals surface area (Å²) in [5.41, 5.74) is -0.613. The minimum absolute atomic E-state index is 0.0599. The van der Waals surface area contributed by atoms with Crippen LogP contribution in [0.2, 0.25) is 10.2 Å². The van der Waals surface area contributed by atoms with Gasteiger partial charge in [0.05, 0.1) is 5.02 Å². The minimum Gasteiger partial charge on any atom is -0.444 e. The Kier molecular flexibility index (Phi) is 6.76. The number of halogens is 2. The number of hydrogen-bond acceptors (Lipinski definition) is 5. The molecule has 1 aromatic heterocycles. The van der Waals surface area contributed by atoms with Crippen molar-refractivity contribution >= 4 is 39.3 Å². The van der Waals surface area contributed by atoms with E-state index in [0.29, 0.717) is 13.0 Å². The SMILES string of the molecule is CC(C)(C)OC(=O)N1CCCCC1CNS(=O)(=O)c1cc(Cl)cnc1Cl. The van der Waals surface area contributed by atoms with Crippen LogP contribution in [-0.4, -0.2) is 49.1 Å². The van der Waals surface area contributed by atoms with Gasteiger partial charge in [0.1, 0.15) is 15.6 Å². The molecule has 1 aromatic rings. The highest BCUT2D eigenvalue weighted by Crippen LogP contribution is 2.24. The van der Waals surface area contributed by atoms with Gasteiger partial charge in [-0.05, 0) is 46.1 Å². The number of nitrogens with one attached hydrogen (secondary N) is 1. The van der Waals surface area contributed by atoms with Gasteiger partial charge < -0.3 is 9.64 Å². The molecule has 146 valence electrons. The molecule has 7 nitrogen and oxygen atoms in total. The van der Waals surface area contributed by atoms with E-state index in [4.69, 9.17) is 27.9 Å². The second-order valence-corrected chi connectivity index (χ2v) is 9.65. The second kappa shape index (κ2) is 8.29. The molecule has 0 aromatic carbocycles. The van der Waals surface area contributed by atoms with E-state index >= 15 is 0 Å². The van der Waals surface area contributed by atoms with Gasteiger partial charge in [-0.25, -0.2) is 22.9 Å². The van der Waals surface area contributed by atoms with E-state index in [9.17, 15) is 13.2 Å². The second-order valence-electron chi connectivity index (χ2n) is 7.12. The maximum absolute atomic E-state index is 12.5. The fourth-order valence-corrected chi connectivity index (χ4v) is 4.40. The summed E-state index contributed by atoms with van der Waals surface area (Å²) in [7, 11) is -3.90. The van der Waals surface area contributed by atoms with E-state index in [1.54, 1.807) is 25.7 Å². The van der Waals surface area contributed by atoms with Gasteiger partial charge in [-0.3, -0.25) is 0 Å². The molecule has 1 aliphatic rings. The first-order chi connectivity index (χ1) is 12.0. The number of ether oxygens (including phenoxy) is 1. The number of pyridine rings is 1. The monoisotopic (exact) mass is 423 g/mol. The lowest BCUT2D eigenvalue weighted by Crippen LogP contribution is -2.50. The lowest BCUT2D eigenvalue weighted by molar-refractivity contribution is 0.0105. The van der Waals surface area contributed by atoms with Crippen molar-refractivity contribution in [3.05, 3.63) is 22.4 Å². The largest absolute Gasteiger partial charge is 0.444 e. The van der Waals surface area contributed by atoms with Crippen LogP contribution in [0.15, 0.2) is 17.2 Å². The molecule has 1 N–H and O–H groups in total. The van der Waals surface area contributed by atoms with Crippen LogP contribution < -0.4 is 4.72 Å². The predicted molar refractivity (Wildman–Crippen MR) is 100 cm³/mol. The molecule has 0 bridgehead atoms. The van der Waals surface area contributed by atoms with Gasteiger partial charge in [0.25, 0.3) is 0 Å². The van der Waals surface area contributed by atoms with E-state index in [-0.39, 0.29) is 27.7 Å². The van der Waals surface area contributed by atoms with Crippen LogP contribution in [0, 0.1) is 0 Å². The van der Waals surface area contributed by atoms with Gasteiger partial charge in [-0.1, -0.05) is 23.2 Å². The van der Waals surface area contributed by atoms with Crippen molar-refractivity contribution in [2.45, 2.75) is 56.6 Å². The fraction of sp³-hybridized carbons (Fsp3) is 0.625. The summed E-state index contributed by atoms with van der Waals surface area (Å²) in [6.07, 6.45) is 3.28. The maximum atomic E-state index is 12.5. The summed E-state index contributed by atoms with van der Waals surface area (Å²) >= 11 is 11.7. The van der Waals surface area contributed by atoms with Crippen LogP contribution in [-0.2, 0) is 14.8 Å². The molecule has 1 amide bonds. The molecular weight excluding hydrogens is 401 g/mol. The first kappa shape index (κ1) is 21.2. The number of rotatable bonds is 4. The zero-order valence-corrected chi connectivity index (χ0v) is 17.3. The lowest BCUT2D eigenvalue weighted by atomic mass is 10.0.